The van der Waals surface area contributed by atoms with Crippen LogP contribution >= 0.6 is 0 Å². The highest BCUT2D eigenvalue weighted by Crippen LogP contribution is 2.44. The van der Waals surface area contributed by atoms with E-state index in [0.717, 1.165) is 28.0 Å². The number of aromatic hydroxyl groups is 3. The third-order valence-electron chi connectivity index (χ3n) is 5.70. The first-order chi connectivity index (χ1) is 15.9. The molecule has 1 unspecified atom stereocenters. The van der Waals surface area contributed by atoms with Crippen LogP contribution in [0.4, 0.5) is 0 Å². The Morgan fingerprint density at radius 1 is 0.455 bits per heavy atom. The van der Waals surface area contributed by atoms with E-state index in [1.54, 1.807) is 36.4 Å². The Balaban J connectivity index is 1.88. The Morgan fingerprint density at radius 2 is 0.727 bits per heavy atom. The summed E-state index contributed by atoms with van der Waals surface area (Å²) in [5.41, 5.74) is 4.18. The van der Waals surface area contributed by atoms with E-state index >= 15 is 0 Å². The lowest BCUT2D eigenvalue weighted by atomic mass is 9.73. The number of phenols is 3. The molecule has 0 aromatic heterocycles. The molecule has 0 amide bonds. The van der Waals surface area contributed by atoms with Crippen LogP contribution in [0, 0.1) is 0 Å². The molecule has 4 rings (SSSR count). The quantitative estimate of drug-likeness (QED) is 0.305. The minimum Gasteiger partial charge on any atom is -0.508 e. The highest BCUT2D eigenvalue weighted by Gasteiger charge is 2.28. The monoisotopic (exact) mass is 440 g/mol. The van der Waals surface area contributed by atoms with Crippen LogP contribution in [-0.2, 0) is 0 Å². The van der Waals surface area contributed by atoms with E-state index < -0.39 is 0 Å². The van der Waals surface area contributed by atoms with E-state index in [2.05, 4.69) is 12.1 Å². The number of hydrogen-bond donors (Lipinski definition) is 3. The van der Waals surface area contributed by atoms with Crippen molar-refractivity contribution in [3.63, 3.8) is 0 Å². The first-order valence-electron chi connectivity index (χ1n) is 11.0. The lowest BCUT2D eigenvalue weighted by Crippen LogP contribution is -2.15. The largest absolute Gasteiger partial charge is 0.508 e. The molecule has 4 aromatic rings. The Labute approximate surface area is 194 Å². The summed E-state index contributed by atoms with van der Waals surface area (Å²) >= 11 is 0. The highest BCUT2D eigenvalue weighted by molar-refractivity contribution is 5.48. The van der Waals surface area contributed by atoms with Crippen molar-refractivity contribution in [1.29, 1.82) is 0 Å². The van der Waals surface area contributed by atoms with Gasteiger partial charge < -0.3 is 20.1 Å². The van der Waals surface area contributed by atoms with Gasteiger partial charge in [-0.3, -0.25) is 0 Å². The molecule has 4 aromatic carbocycles. The molecular weight excluding hydrogens is 412 g/mol. The second-order valence-electron chi connectivity index (χ2n) is 8.47. The predicted molar refractivity (Wildman–Crippen MR) is 130 cm³/mol. The lowest BCUT2D eigenvalue weighted by molar-refractivity contribution is 0.242. The predicted octanol–water partition coefficient (Wildman–Crippen LogP) is 6.55. The van der Waals surface area contributed by atoms with E-state index in [1.165, 1.54) is 0 Å². The first-order valence-corrected chi connectivity index (χ1v) is 11.0. The molecule has 0 fully saturated rings. The van der Waals surface area contributed by atoms with Crippen molar-refractivity contribution >= 4 is 0 Å². The fourth-order valence-electron chi connectivity index (χ4n) is 4.23. The summed E-state index contributed by atoms with van der Waals surface area (Å²) in [7, 11) is 0. The van der Waals surface area contributed by atoms with E-state index in [9.17, 15) is 15.3 Å². The Morgan fingerprint density at radius 3 is 1.00 bits per heavy atom. The summed E-state index contributed by atoms with van der Waals surface area (Å²) in [6.45, 7) is 4.00. The molecule has 0 aliphatic carbocycles. The van der Waals surface area contributed by atoms with Gasteiger partial charge in [0.1, 0.15) is 23.0 Å². The van der Waals surface area contributed by atoms with Crippen molar-refractivity contribution in [2.24, 2.45) is 0 Å². The standard InChI is InChI=1S/C29H28O4/c1-19(2)33-27-17-9-23(10-18-27)29(22-7-15-26(32)16-8-22)28(20-3-11-24(30)12-4-20)21-5-13-25(31)14-6-21/h3-19,28-32H,1-2H3. The van der Waals surface area contributed by atoms with Gasteiger partial charge in [-0.2, -0.15) is 0 Å². The van der Waals surface area contributed by atoms with E-state index in [4.69, 9.17) is 4.74 Å². The maximum absolute atomic E-state index is 9.89. The van der Waals surface area contributed by atoms with Gasteiger partial charge in [-0.25, -0.2) is 0 Å². The Hall–Kier alpha value is -3.92. The molecule has 0 aliphatic rings. The van der Waals surface area contributed by atoms with Crippen LogP contribution in [0.15, 0.2) is 97.1 Å². The smallest absolute Gasteiger partial charge is 0.119 e. The fourth-order valence-corrected chi connectivity index (χ4v) is 4.23. The molecule has 0 heterocycles. The molecule has 168 valence electrons. The minimum absolute atomic E-state index is 0.0884. The molecule has 0 saturated carbocycles. The van der Waals surface area contributed by atoms with Crippen LogP contribution < -0.4 is 4.74 Å². The van der Waals surface area contributed by atoms with Gasteiger partial charge in [0.2, 0.25) is 0 Å². The van der Waals surface area contributed by atoms with Crippen molar-refractivity contribution in [3.05, 3.63) is 119 Å². The maximum Gasteiger partial charge on any atom is 0.119 e. The summed E-state index contributed by atoms with van der Waals surface area (Å²) in [6.07, 6.45) is 0.0884. The summed E-state index contributed by atoms with van der Waals surface area (Å²) < 4.78 is 5.84. The fraction of sp³-hybridized carbons (Fsp3) is 0.172. The Bertz CT molecular complexity index is 1120. The zero-order valence-electron chi connectivity index (χ0n) is 18.7. The second kappa shape index (κ2) is 9.70. The molecule has 0 aliphatic heterocycles. The van der Waals surface area contributed by atoms with Crippen LogP contribution in [0.25, 0.3) is 0 Å². The number of ether oxygens (including phenoxy) is 1. The minimum atomic E-state index is -0.104. The molecule has 0 spiro atoms. The molecule has 33 heavy (non-hydrogen) atoms. The third-order valence-corrected chi connectivity index (χ3v) is 5.70. The molecule has 4 heteroatoms. The van der Waals surface area contributed by atoms with E-state index in [-0.39, 0.29) is 35.2 Å². The van der Waals surface area contributed by atoms with Crippen molar-refractivity contribution < 1.29 is 20.1 Å². The van der Waals surface area contributed by atoms with Crippen molar-refractivity contribution in [2.45, 2.75) is 31.8 Å². The van der Waals surface area contributed by atoms with Crippen LogP contribution in [0.3, 0.4) is 0 Å². The first kappa shape index (κ1) is 22.3. The van der Waals surface area contributed by atoms with Gasteiger partial charge in [-0.05, 0) is 84.6 Å². The highest BCUT2D eigenvalue weighted by atomic mass is 16.5. The maximum atomic E-state index is 9.89. The molecule has 4 nitrogen and oxygen atoms in total. The molecule has 0 saturated heterocycles. The van der Waals surface area contributed by atoms with Gasteiger partial charge in [0.15, 0.2) is 0 Å². The number of phenolic OH excluding ortho intramolecular Hbond substituents is 3. The van der Waals surface area contributed by atoms with Crippen LogP contribution in [0.5, 0.6) is 23.0 Å². The number of benzene rings is 4. The van der Waals surface area contributed by atoms with Crippen molar-refractivity contribution in [3.8, 4) is 23.0 Å². The molecule has 1 atom stereocenters. The normalized spacial score (nSPS) is 12.1. The SMILES string of the molecule is CC(C)Oc1ccc(C(c2ccc(O)cc2)C(c2ccc(O)cc2)c2ccc(O)cc2)cc1. The van der Waals surface area contributed by atoms with Gasteiger partial charge in [0, 0.05) is 11.8 Å². The van der Waals surface area contributed by atoms with Crippen molar-refractivity contribution in [1.82, 2.24) is 0 Å². The lowest BCUT2D eigenvalue weighted by Gasteiger charge is -2.30. The van der Waals surface area contributed by atoms with Crippen LogP contribution in [0.2, 0.25) is 0 Å². The average Bonchev–Trinajstić information content (AvgIpc) is 2.80. The average molecular weight is 441 g/mol. The zero-order chi connectivity index (χ0) is 23.4. The van der Waals surface area contributed by atoms with Gasteiger partial charge in [-0.15, -0.1) is 0 Å². The topological polar surface area (TPSA) is 69.9 Å². The van der Waals surface area contributed by atoms with E-state index in [1.807, 2.05) is 62.4 Å². The molecule has 0 bridgehead atoms. The number of hydrogen-bond acceptors (Lipinski definition) is 4. The third kappa shape index (κ3) is 5.29. The van der Waals surface area contributed by atoms with Gasteiger partial charge >= 0.3 is 0 Å². The summed E-state index contributed by atoms with van der Waals surface area (Å²) in [4.78, 5) is 0. The summed E-state index contributed by atoms with van der Waals surface area (Å²) in [5.74, 6) is 1.24. The van der Waals surface area contributed by atoms with Crippen LogP contribution in [-0.4, -0.2) is 21.4 Å². The molecule has 3 N–H and O–H groups in total. The summed E-state index contributed by atoms with van der Waals surface area (Å²) in [6, 6.07) is 29.8. The molecular formula is C29H28O4. The van der Waals surface area contributed by atoms with Crippen LogP contribution in [0.1, 0.15) is 47.9 Å². The van der Waals surface area contributed by atoms with Gasteiger partial charge in [-0.1, -0.05) is 48.5 Å². The zero-order valence-corrected chi connectivity index (χ0v) is 18.7. The second-order valence-corrected chi connectivity index (χ2v) is 8.47. The van der Waals surface area contributed by atoms with Gasteiger partial charge in [0.05, 0.1) is 6.10 Å². The van der Waals surface area contributed by atoms with Gasteiger partial charge in [0.25, 0.3) is 0 Å². The van der Waals surface area contributed by atoms with E-state index in [0.29, 0.717) is 0 Å². The summed E-state index contributed by atoms with van der Waals surface area (Å²) in [5, 5.41) is 29.6. The molecule has 0 radical (unpaired) electrons. The number of rotatable bonds is 7. The van der Waals surface area contributed by atoms with Crippen molar-refractivity contribution in [2.75, 3.05) is 0 Å². The Kier molecular flexibility index (Phi) is 6.55.